The molecule has 0 atom stereocenters. The van der Waals surface area contributed by atoms with Gasteiger partial charge in [0.2, 0.25) is 0 Å². The van der Waals surface area contributed by atoms with Crippen LogP contribution >= 0.6 is 27.5 Å². The Morgan fingerprint density at radius 3 is 2.77 bits per heavy atom. The highest BCUT2D eigenvalue weighted by molar-refractivity contribution is 9.10. The maximum atomic E-state index is 6.05. The lowest BCUT2D eigenvalue weighted by atomic mass is 10.1. The van der Waals surface area contributed by atoms with Crippen LogP contribution in [0.25, 0.3) is 0 Å². The second kappa shape index (κ2) is 5.66. The molecule has 0 radical (unpaired) electrons. The maximum absolute atomic E-state index is 6.05. The summed E-state index contributed by atoms with van der Waals surface area (Å²) in [4.78, 5) is 0. The van der Waals surface area contributed by atoms with E-state index in [1.807, 2.05) is 12.1 Å². The van der Waals surface area contributed by atoms with Crippen molar-refractivity contribution in [1.29, 1.82) is 0 Å². The minimum absolute atomic E-state index is 0.888. The van der Waals surface area contributed by atoms with Crippen molar-refractivity contribution in [2.24, 2.45) is 0 Å². The first kappa shape index (κ1) is 11.1. The van der Waals surface area contributed by atoms with Crippen molar-refractivity contribution in [3.63, 3.8) is 0 Å². The van der Waals surface area contributed by atoms with Gasteiger partial charge in [-0.25, -0.2) is 0 Å². The molecule has 72 valence electrons. The summed E-state index contributed by atoms with van der Waals surface area (Å²) in [7, 11) is 0. The smallest absolute Gasteiger partial charge is 0.0438 e. The third-order valence-corrected chi connectivity index (χ3v) is 2.92. The average Bonchev–Trinajstić information content (AvgIpc) is 2.11. The highest BCUT2D eigenvalue weighted by Gasteiger charge is 2.00. The molecular formula is C11H14BrCl. The fourth-order valence-corrected chi connectivity index (χ4v) is 1.92. The second-order valence-electron chi connectivity index (χ2n) is 3.19. The van der Waals surface area contributed by atoms with Gasteiger partial charge in [0, 0.05) is 9.50 Å². The molecule has 13 heavy (non-hydrogen) atoms. The van der Waals surface area contributed by atoms with Crippen LogP contribution in [-0.2, 0) is 6.42 Å². The molecule has 0 aromatic heterocycles. The Balaban J connectivity index is 2.59. The zero-order valence-corrected chi connectivity index (χ0v) is 10.2. The Morgan fingerprint density at radius 1 is 1.31 bits per heavy atom. The Morgan fingerprint density at radius 2 is 2.08 bits per heavy atom. The summed E-state index contributed by atoms with van der Waals surface area (Å²) in [5.41, 5.74) is 1.25. The van der Waals surface area contributed by atoms with Crippen LogP contribution in [0.5, 0.6) is 0 Å². The fraction of sp³-hybridized carbons (Fsp3) is 0.455. The normalized spacial score (nSPS) is 10.4. The van der Waals surface area contributed by atoms with Crippen LogP contribution in [0.15, 0.2) is 22.7 Å². The Labute approximate surface area is 93.4 Å². The molecule has 1 rings (SSSR count). The van der Waals surface area contributed by atoms with Crippen molar-refractivity contribution in [2.45, 2.75) is 32.6 Å². The number of aryl methyl sites for hydroxylation is 1. The van der Waals surface area contributed by atoms with E-state index in [4.69, 9.17) is 11.6 Å². The summed E-state index contributed by atoms with van der Waals surface area (Å²) in [5.74, 6) is 0. The zero-order valence-electron chi connectivity index (χ0n) is 7.82. The van der Waals surface area contributed by atoms with E-state index in [0.29, 0.717) is 0 Å². The van der Waals surface area contributed by atoms with Gasteiger partial charge in [0.15, 0.2) is 0 Å². The van der Waals surface area contributed by atoms with Gasteiger partial charge in [-0.3, -0.25) is 0 Å². The Bertz CT molecular complexity index is 271. The van der Waals surface area contributed by atoms with Crippen LogP contribution in [0.2, 0.25) is 5.02 Å². The quantitative estimate of drug-likeness (QED) is 0.681. The van der Waals surface area contributed by atoms with Crippen molar-refractivity contribution in [2.75, 3.05) is 0 Å². The molecule has 0 amide bonds. The van der Waals surface area contributed by atoms with Gasteiger partial charge in [-0.1, -0.05) is 47.3 Å². The molecule has 0 saturated heterocycles. The number of rotatable bonds is 4. The van der Waals surface area contributed by atoms with Gasteiger partial charge in [-0.05, 0) is 36.6 Å². The lowest BCUT2D eigenvalue weighted by Crippen LogP contribution is -1.86. The van der Waals surface area contributed by atoms with Crippen molar-refractivity contribution < 1.29 is 0 Å². The van der Waals surface area contributed by atoms with E-state index >= 15 is 0 Å². The molecule has 0 aliphatic rings. The maximum Gasteiger partial charge on any atom is 0.0438 e. The number of halogens is 2. The summed E-state index contributed by atoms with van der Waals surface area (Å²) in [5, 5.41) is 0.888. The van der Waals surface area contributed by atoms with Crippen LogP contribution in [-0.4, -0.2) is 0 Å². The fourth-order valence-electron chi connectivity index (χ4n) is 1.30. The van der Waals surface area contributed by atoms with Gasteiger partial charge in [0.25, 0.3) is 0 Å². The third kappa shape index (κ3) is 3.70. The molecule has 0 bridgehead atoms. The predicted molar refractivity (Wildman–Crippen MR) is 62.4 cm³/mol. The topological polar surface area (TPSA) is 0 Å². The van der Waals surface area contributed by atoms with Crippen LogP contribution in [0.1, 0.15) is 31.7 Å². The van der Waals surface area contributed by atoms with Crippen LogP contribution in [0.3, 0.4) is 0 Å². The molecule has 0 fully saturated rings. The van der Waals surface area contributed by atoms with E-state index in [1.54, 1.807) is 0 Å². The predicted octanol–water partition coefficient (Wildman–Crippen LogP) is 4.84. The lowest BCUT2D eigenvalue weighted by Gasteiger charge is -2.03. The SMILES string of the molecule is CCCCCc1cc(Br)ccc1Cl. The van der Waals surface area contributed by atoms with Gasteiger partial charge in [-0.2, -0.15) is 0 Å². The molecule has 0 nitrogen and oxygen atoms in total. The van der Waals surface area contributed by atoms with Crippen LogP contribution < -0.4 is 0 Å². The van der Waals surface area contributed by atoms with E-state index in [9.17, 15) is 0 Å². The Kier molecular flexibility index (Phi) is 4.82. The third-order valence-electron chi connectivity index (χ3n) is 2.06. The average molecular weight is 262 g/mol. The second-order valence-corrected chi connectivity index (χ2v) is 4.52. The van der Waals surface area contributed by atoms with E-state index in [1.165, 1.54) is 24.8 Å². The highest BCUT2D eigenvalue weighted by Crippen LogP contribution is 2.22. The monoisotopic (exact) mass is 260 g/mol. The molecule has 1 aromatic carbocycles. The first-order valence-corrected chi connectivity index (χ1v) is 5.85. The van der Waals surface area contributed by atoms with Gasteiger partial charge < -0.3 is 0 Å². The van der Waals surface area contributed by atoms with Gasteiger partial charge >= 0.3 is 0 Å². The highest BCUT2D eigenvalue weighted by atomic mass is 79.9. The molecule has 0 spiro atoms. The number of unbranched alkanes of at least 4 members (excludes halogenated alkanes) is 2. The largest absolute Gasteiger partial charge is 0.0840 e. The molecular weight excluding hydrogens is 247 g/mol. The van der Waals surface area contributed by atoms with E-state index in [0.717, 1.165) is 15.9 Å². The van der Waals surface area contributed by atoms with Crippen molar-refractivity contribution in [1.82, 2.24) is 0 Å². The molecule has 2 heteroatoms. The first-order chi connectivity index (χ1) is 6.24. The van der Waals surface area contributed by atoms with E-state index in [-0.39, 0.29) is 0 Å². The lowest BCUT2D eigenvalue weighted by molar-refractivity contribution is 0.717. The molecule has 0 unspecified atom stereocenters. The minimum Gasteiger partial charge on any atom is -0.0840 e. The van der Waals surface area contributed by atoms with E-state index < -0.39 is 0 Å². The van der Waals surface area contributed by atoms with Gasteiger partial charge in [-0.15, -0.1) is 0 Å². The van der Waals surface area contributed by atoms with Crippen molar-refractivity contribution >= 4 is 27.5 Å². The van der Waals surface area contributed by atoms with E-state index in [2.05, 4.69) is 28.9 Å². The first-order valence-electron chi connectivity index (χ1n) is 4.68. The molecule has 1 aromatic rings. The van der Waals surface area contributed by atoms with Gasteiger partial charge in [0.05, 0.1) is 0 Å². The van der Waals surface area contributed by atoms with Crippen molar-refractivity contribution in [3.05, 3.63) is 33.3 Å². The van der Waals surface area contributed by atoms with Crippen LogP contribution in [0.4, 0.5) is 0 Å². The Hall–Kier alpha value is -0.0100. The molecule has 0 N–H and O–H groups in total. The number of hydrogen-bond donors (Lipinski definition) is 0. The summed E-state index contributed by atoms with van der Waals surface area (Å²) in [6, 6.07) is 6.04. The standard InChI is InChI=1S/C11H14BrCl/c1-2-3-4-5-9-8-10(12)6-7-11(9)13/h6-8H,2-5H2,1H3. The summed E-state index contributed by atoms with van der Waals surface area (Å²) in [6.07, 6.45) is 4.85. The zero-order chi connectivity index (χ0) is 9.68. The number of benzene rings is 1. The minimum atomic E-state index is 0.888. The van der Waals surface area contributed by atoms with Crippen LogP contribution in [0, 0.1) is 0 Å². The summed E-state index contributed by atoms with van der Waals surface area (Å²) >= 11 is 9.50. The number of hydrogen-bond acceptors (Lipinski definition) is 0. The van der Waals surface area contributed by atoms with Crippen molar-refractivity contribution in [3.8, 4) is 0 Å². The molecule has 0 saturated carbocycles. The molecule has 0 aliphatic heterocycles. The molecule has 0 heterocycles. The molecule has 0 aliphatic carbocycles. The summed E-state index contributed by atoms with van der Waals surface area (Å²) < 4.78 is 1.11. The summed E-state index contributed by atoms with van der Waals surface area (Å²) in [6.45, 7) is 2.21. The van der Waals surface area contributed by atoms with Gasteiger partial charge in [0.1, 0.15) is 0 Å².